The van der Waals surface area contributed by atoms with Crippen LogP contribution in [-0.4, -0.2) is 23.9 Å². The molecule has 0 aliphatic rings. The van der Waals surface area contributed by atoms with E-state index < -0.39 is 0 Å². The summed E-state index contributed by atoms with van der Waals surface area (Å²) in [6, 6.07) is 10.0. The Morgan fingerprint density at radius 3 is 2.26 bits per heavy atom. The Morgan fingerprint density at radius 1 is 1.13 bits per heavy atom. The lowest BCUT2D eigenvalue weighted by molar-refractivity contribution is 0.0773. The number of rotatable bonds is 4. The van der Waals surface area contributed by atoms with Gasteiger partial charge >= 0.3 is 0 Å². The van der Waals surface area contributed by atoms with E-state index in [9.17, 15) is 4.79 Å². The van der Waals surface area contributed by atoms with E-state index in [0.29, 0.717) is 23.7 Å². The number of carbonyl (C=O) groups excluding carboxylic acids is 1. The molecule has 2 nitrogen and oxygen atoms in total. The monoisotopic (exact) mass is 349 g/mol. The average Bonchev–Trinajstić information content (AvgIpc) is 2.98. The zero-order valence-corrected chi connectivity index (χ0v) is 16.0. The molecule has 1 aromatic carbocycles. The first-order valence-electron chi connectivity index (χ1n) is 7.97. The normalized spacial score (nSPS) is 11.6. The van der Waals surface area contributed by atoms with Gasteiger partial charge in [0.1, 0.15) is 0 Å². The summed E-state index contributed by atoms with van der Waals surface area (Å²) in [7, 11) is 0. The highest BCUT2D eigenvalue weighted by Crippen LogP contribution is 2.36. The maximum absolute atomic E-state index is 12.5. The molecule has 1 aromatic heterocycles. The van der Waals surface area contributed by atoms with E-state index in [2.05, 4.69) is 32.9 Å². The van der Waals surface area contributed by atoms with Gasteiger partial charge in [0.2, 0.25) is 0 Å². The van der Waals surface area contributed by atoms with Crippen LogP contribution in [0, 0.1) is 0 Å². The maximum Gasteiger partial charge on any atom is 0.255 e. The van der Waals surface area contributed by atoms with Crippen molar-refractivity contribution in [3.63, 3.8) is 0 Å². The van der Waals surface area contributed by atoms with Crippen molar-refractivity contribution in [1.29, 1.82) is 0 Å². The minimum absolute atomic E-state index is 0.00638. The molecule has 124 valence electrons. The Hall–Kier alpha value is -1.32. The summed E-state index contributed by atoms with van der Waals surface area (Å²) in [6.45, 7) is 12.0. The Bertz CT molecular complexity index is 696. The fourth-order valence-electron chi connectivity index (χ4n) is 2.42. The molecule has 0 N–H and O–H groups in total. The number of amides is 1. The van der Waals surface area contributed by atoms with Crippen molar-refractivity contribution in [3.05, 3.63) is 45.8 Å². The average molecular weight is 350 g/mol. The third kappa shape index (κ3) is 3.96. The molecular formula is C19H24ClNOS. The molecule has 4 heteroatoms. The van der Waals surface area contributed by atoms with Crippen LogP contribution in [-0.2, 0) is 5.41 Å². The number of nitrogens with zero attached hydrogens (tertiary/aromatic N) is 1. The number of benzene rings is 1. The van der Waals surface area contributed by atoms with E-state index in [4.69, 9.17) is 11.6 Å². The number of hydrogen-bond acceptors (Lipinski definition) is 2. The lowest BCUT2D eigenvalue weighted by Gasteiger charge is -2.19. The summed E-state index contributed by atoms with van der Waals surface area (Å²) in [5.41, 5.74) is 1.78. The molecule has 2 rings (SSSR count). The van der Waals surface area contributed by atoms with Crippen LogP contribution in [0.4, 0.5) is 0 Å². The molecule has 0 unspecified atom stereocenters. The fraction of sp³-hybridized carbons (Fsp3) is 0.421. The van der Waals surface area contributed by atoms with Crippen LogP contribution in [0.3, 0.4) is 0 Å². The van der Waals surface area contributed by atoms with Crippen LogP contribution in [0.15, 0.2) is 30.3 Å². The topological polar surface area (TPSA) is 20.3 Å². The van der Waals surface area contributed by atoms with Crippen molar-refractivity contribution >= 4 is 28.8 Å². The molecule has 0 aliphatic heterocycles. The van der Waals surface area contributed by atoms with Crippen molar-refractivity contribution in [1.82, 2.24) is 4.90 Å². The van der Waals surface area contributed by atoms with Gasteiger partial charge in [-0.15, -0.1) is 11.3 Å². The highest BCUT2D eigenvalue weighted by atomic mass is 35.5. The zero-order chi connectivity index (χ0) is 17.2. The smallest absolute Gasteiger partial charge is 0.255 e. The lowest BCUT2D eigenvalue weighted by atomic mass is 9.95. The zero-order valence-electron chi connectivity index (χ0n) is 14.4. The first-order valence-corrected chi connectivity index (χ1v) is 9.16. The first-order chi connectivity index (χ1) is 10.8. The Kier molecular flexibility index (Phi) is 5.53. The van der Waals surface area contributed by atoms with Crippen molar-refractivity contribution < 1.29 is 4.79 Å². The van der Waals surface area contributed by atoms with Crippen LogP contribution in [0.1, 0.15) is 49.9 Å². The third-order valence-corrected chi connectivity index (χ3v) is 5.75. The van der Waals surface area contributed by atoms with Crippen molar-refractivity contribution in [2.24, 2.45) is 0 Å². The van der Waals surface area contributed by atoms with E-state index in [0.717, 1.165) is 5.56 Å². The van der Waals surface area contributed by atoms with E-state index in [1.54, 1.807) is 16.2 Å². The molecule has 23 heavy (non-hydrogen) atoms. The van der Waals surface area contributed by atoms with Gasteiger partial charge in [0.05, 0.1) is 10.6 Å². The molecule has 0 aliphatic carbocycles. The summed E-state index contributed by atoms with van der Waals surface area (Å²) in [6.07, 6.45) is 0. The molecule has 0 fully saturated rings. The Morgan fingerprint density at radius 2 is 1.78 bits per heavy atom. The maximum atomic E-state index is 12.5. The van der Waals surface area contributed by atoms with Gasteiger partial charge in [0.25, 0.3) is 5.91 Å². The molecular weight excluding hydrogens is 326 g/mol. The second-order valence-corrected chi connectivity index (χ2v) is 8.08. The minimum Gasteiger partial charge on any atom is -0.339 e. The van der Waals surface area contributed by atoms with E-state index >= 15 is 0 Å². The van der Waals surface area contributed by atoms with Crippen LogP contribution in [0.2, 0.25) is 5.02 Å². The molecule has 0 spiro atoms. The molecule has 1 amide bonds. The highest BCUT2D eigenvalue weighted by molar-refractivity contribution is 7.15. The quantitative estimate of drug-likeness (QED) is 0.678. The molecule has 1 heterocycles. The van der Waals surface area contributed by atoms with Crippen LogP contribution >= 0.6 is 22.9 Å². The predicted molar refractivity (Wildman–Crippen MR) is 101 cm³/mol. The molecule has 0 bridgehead atoms. The molecule has 0 saturated carbocycles. The summed E-state index contributed by atoms with van der Waals surface area (Å²) in [4.78, 5) is 16.8. The number of thiophene rings is 1. The van der Waals surface area contributed by atoms with Gasteiger partial charge in [-0.05, 0) is 49.1 Å². The van der Waals surface area contributed by atoms with Gasteiger partial charge in [-0.2, -0.15) is 0 Å². The van der Waals surface area contributed by atoms with Crippen LogP contribution in [0.25, 0.3) is 10.4 Å². The summed E-state index contributed by atoms with van der Waals surface area (Å²) >= 11 is 8.16. The van der Waals surface area contributed by atoms with Gasteiger partial charge < -0.3 is 4.90 Å². The largest absolute Gasteiger partial charge is 0.339 e. The molecule has 0 saturated heterocycles. The molecule has 0 radical (unpaired) electrons. The second-order valence-electron chi connectivity index (χ2n) is 6.59. The van der Waals surface area contributed by atoms with Gasteiger partial charge in [0.15, 0.2) is 0 Å². The summed E-state index contributed by atoms with van der Waals surface area (Å²) in [5.74, 6) is -0.00638. The highest BCUT2D eigenvalue weighted by Gasteiger charge is 2.19. The summed E-state index contributed by atoms with van der Waals surface area (Å²) < 4.78 is 0. The molecule has 2 aromatic rings. The third-order valence-electron chi connectivity index (χ3n) is 3.88. The van der Waals surface area contributed by atoms with E-state index in [-0.39, 0.29) is 11.3 Å². The first kappa shape index (κ1) is 18.0. The second kappa shape index (κ2) is 7.06. The van der Waals surface area contributed by atoms with Gasteiger partial charge in [-0.3, -0.25) is 4.79 Å². The molecule has 0 atom stereocenters. The van der Waals surface area contributed by atoms with E-state index in [1.807, 2.05) is 32.0 Å². The van der Waals surface area contributed by atoms with E-state index in [1.165, 1.54) is 9.75 Å². The fourth-order valence-corrected chi connectivity index (χ4v) is 3.74. The standard InChI is InChI=1S/C19H24ClNOS/c1-6-21(7-2)18(22)14-9-8-13(12-15(14)20)16-10-11-17(23-16)19(3,4)5/h8-12H,6-7H2,1-5H3. The number of hydrogen-bond donors (Lipinski definition) is 0. The predicted octanol–water partition coefficient (Wildman–Crippen LogP) is 5.85. The van der Waals surface area contributed by atoms with Crippen molar-refractivity contribution in [2.75, 3.05) is 13.1 Å². The van der Waals surface area contributed by atoms with Crippen molar-refractivity contribution in [3.8, 4) is 10.4 Å². The minimum atomic E-state index is -0.00638. The van der Waals surface area contributed by atoms with Gasteiger partial charge in [-0.25, -0.2) is 0 Å². The van der Waals surface area contributed by atoms with Crippen LogP contribution < -0.4 is 0 Å². The Balaban J connectivity index is 2.33. The summed E-state index contributed by atoms with van der Waals surface area (Å²) in [5, 5.41) is 0.519. The number of halogens is 1. The number of carbonyl (C=O) groups is 1. The van der Waals surface area contributed by atoms with Gasteiger partial charge in [0, 0.05) is 22.8 Å². The Labute approximate surface area is 148 Å². The SMILES string of the molecule is CCN(CC)C(=O)c1ccc(-c2ccc(C(C)(C)C)s2)cc1Cl. The lowest BCUT2D eigenvalue weighted by Crippen LogP contribution is -2.30. The van der Waals surface area contributed by atoms with Crippen molar-refractivity contribution in [2.45, 2.75) is 40.0 Å². The van der Waals surface area contributed by atoms with Gasteiger partial charge in [-0.1, -0.05) is 38.4 Å². The van der Waals surface area contributed by atoms with Crippen LogP contribution in [0.5, 0.6) is 0 Å².